The van der Waals surface area contributed by atoms with Crippen LogP contribution in [0.1, 0.15) is 17.3 Å². The van der Waals surface area contributed by atoms with E-state index in [0.29, 0.717) is 22.0 Å². The number of nitrogens with one attached hydrogen (secondary N) is 2. The summed E-state index contributed by atoms with van der Waals surface area (Å²) in [6.45, 7) is 1.41. The molecule has 0 heterocycles. The number of hydrogen-bond acceptors (Lipinski definition) is 2. The predicted octanol–water partition coefficient (Wildman–Crippen LogP) is 4.31. The Balaban J connectivity index is 2.20. The van der Waals surface area contributed by atoms with Crippen molar-refractivity contribution in [2.75, 3.05) is 10.6 Å². The van der Waals surface area contributed by atoms with Gasteiger partial charge >= 0.3 is 0 Å². The number of carbonyl (C=O) groups excluding carboxylic acids is 2. The zero-order valence-electron chi connectivity index (χ0n) is 11.1. The van der Waals surface area contributed by atoms with E-state index in [0.717, 1.165) is 4.47 Å². The minimum Gasteiger partial charge on any atom is -0.326 e. The van der Waals surface area contributed by atoms with Crippen molar-refractivity contribution >= 4 is 50.7 Å². The van der Waals surface area contributed by atoms with Gasteiger partial charge in [-0.05, 0) is 42.5 Å². The molecule has 0 radical (unpaired) electrons. The molecule has 0 aromatic heterocycles. The average Bonchev–Trinajstić information content (AvgIpc) is 2.42. The van der Waals surface area contributed by atoms with E-state index in [1.54, 1.807) is 42.5 Å². The molecule has 21 heavy (non-hydrogen) atoms. The lowest BCUT2D eigenvalue weighted by molar-refractivity contribution is -0.114. The minimum atomic E-state index is -0.274. The first kappa shape index (κ1) is 15.5. The van der Waals surface area contributed by atoms with Crippen molar-refractivity contribution in [2.45, 2.75) is 6.92 Å². The molecular formula is C15H12BrClN2O2. The largest absolute Gasteiger partial charge is 0.326 e. The van der Waals surface area contributed by atoms with Gasteiger partial charge in [-0.1, -0.05) is 27.5 Å². The molecule has 0 aliphatic heterocycles. The summed E-state index contributed by atoms with van der Waals surface area (Å²) in [5.41, 5.74) is 1.52. The predicted molar refractivity (Wildman–Crippen MR) is 87.9 cm³/mol. The Bertz CT molecular complexity index is 687. The minimum absolute atomic E-state index is 0.192. The van der Waals surface area contributed by atoms with Crippen molar-refractivity contribution in [2.24, 2.45) is 0 Å². The summed E-state index contributed by atoms with van der Waals surface area (Å²) in [5.74, 6) is -0.466. The number of anilines is 2. The van der Waals surface area contributed by atoms with Crippen molar-refractivity contribution in [3.05, 3.63) is 57.5 Å². The van der Waals surface area contributed by atoms with Crippen LogP contribution in [0.5, 0.6) is 0 Å². The van der Waals surface area contributed by atoms with Crippen LogP contribution in [0.2, 0.25) is 5.02 Å². The van der Waals surface area contributed by atoms with Crippen LogP contribution in [0, 0.1) is 0 Å². The number of rotatable bonds is 3. The Labute approximate surface area is 135 Å². The van der Waals surface area contributed by atoms with Crippen LogP contribution in [0.15, 0.2) is 46.9 Å². The fourth-order valence-electron chi connectivity index (χ4n) is 1.70. The summed E-state index contributed by atoms with van der Waals surface area (Å²) in [4.78, 5) is 23.2. The number of amides is 2. The van der Waals surface area contributed by atoms with Gasteiger partial charge in [-0.3, -0.25) is 9.59 Å². The highest BCUT2D eigenvalue weighted by Crippen LogP contribution is 2.26. The maximum Gasteiger partial charge on any atom is 0.255 e. The van der Waals surface area contributed by atoms with Gasteiger partial charge in [0.2, 0.25) is 5.91 Å². The molecule has 0 saturated carbocycles. The van der Waals surface area contributed by atoms with Crippen LogP contribution in [0.25, 0.3) is 0 Å². The normalized spacial score (nSPS) is 10.0. The Hall–Kier alpha value is -1.85. The molecule has 2 aromatic rings. The molecule has 0 spiro atoms. The van der Waals surface area contributed by atoms with Gasteiger partial charge in [-0.25, -0.2) is 0 Å². The van der Waals surface area contributed by atoms with E-state index in [2.05, 4.69) is 26.6 Å². The maximum atomic E-state index is 12.1. The van der Waals surface area contributed by atoms with E-state index in [1.165, 1.54) is 6.92 Å². The third-order valence-corrected chi connectivity index (χ3v) is 3.50. The van der Waals surface area contributed by atoms with Crippen LogP contribution in [0.3, 0.4) is 0 Å². The highest BCUT2D eigenvalue weighted by atomic mass is 79.9. The summed E-state index contributed by atoms with van der Waals surface area (Å²) < 4.78 is 0.893. The molecule has 0 saturated heterocycles. The summed E-state index contributed by atoms with van der Waals surface area (Å²) >= 11 is 9.37. The summed E-state index contributed by atoms with van der Waals surface area (Å²) in [6.07, 6.45) is 0. The van der Waals surface area contributed by atoms with Crippen molar-refractivity contribution < 1.29 is 9.59 Å². The quantitative estimate of drug-likeness (QED) is 0.849. The van der Waals surface area contributed by atoms with Gasteiger partial charge in [0.05, 0.1) is 10.7 Å². The summed E-state index contributed by atoms with van der Waals surface area (Å²) in [6, 6.07) is 11.9. The molecule has 2 rings (SSSR count). The third-order valence-electron chi connectivity index (χ3n) is 2.64. The molecule has 4 nitrogen and oxygen atoms in total. The molecule has 108 valence electrons. The molecular weight excluding hydrogens is 356 g/mol. The van der Waals surface area contributed by atoms with Crippen LogP contribution < -0.4 is 10.6 Å². The lowest BCUT2D eigenvalue weighted by Gasteiger charge is -2.10. The molecule has 0 bridgehead atoms. The average molecular weight is 368 g/mol. The van der Waals surface area contributed by atoms with Crippen molar-refractivity contribution in [1.82, 2.24) is 0 Å². The Morgan fingerprint density at radius 2 is 1.71 bits per heavy atom. The summed E-state index contributed by atoms with van der Waals surface area (Å²) in [5, 5.41) is 5.76. The van der Waals surface area contributed by atoms with Gasteiger partial charge in [-0.2, -0.15) is 0 Å². The zero-order valence-corrected chi connectivity index (χ0v) is 13.5. The zero-order chi connectivity index (χ0) is 15.4. The molecule has 0 unspecified atom stereocenters. The van der Waals surface area contributed by atoms with E-state index in [1.807, 2.05) is 0 Å². The lowest BCUT2D eigenvalue weighted by atomic mass is 10.2. The van der Waals surface area contributed by atoms with E-state index in [4.69, 9.17) is 11.6 Å². The third kappa shape index (κ3) is 4.31. The number of hydrogen-bond donors (Lipinski definition) is 2. The molecule has 0 aliphatic rings. The fraction of sp³-hybridized carbons (Fsp3) is 0.0667. The smallest absolute Gasteiger partial charge is 0.255 e. The van der Waals surface area contributed by atoms with Gasteiger partial charge in [0, 0.05) is 22.6 Å². The summed E-state index contributed by atoms with van der Waals surface area (Å²) in [7, 11) is 0. The van der Waals surface area contributed by atoms with Gasteiger partial charge in [-0.15, -0.1) is 0 Å². The second kappa shape index (κ2) is 6.74. The Morgan fingerprint density at radius 1 is 1.05 bits per heavy atom. The molecule has 0 aliphatic carbocycles. The molecule has 0 fully saturated rings. The molecule has 2 amide bonds. The fourth-order valence-corrected chi connectivity index (χ4v) is 2.13. The van der Waals surface area contributed by atoms with Gasteiger partial charge < -0.3 is 10.6 Å². The van der Waals surface area contributed by atoms with E-state index < -0.39 is 0 Å². The van der Waals surface area contributed by atoms with Gasteiger partial charge in [0.15, 0.2) is 0 Å². The van der Waals surface area contributed by atoms with E-state index >= 15 is 0 Å². The van der Waals surface area contributed by atoms with E-state index in [-0.39, 0.29) is 11.8 Å². The second-order valence-electron chi connectivity index (χ2n) is 4.34. The number of halogens is 2. The van der Waals surface area contributed by atoms with Crippen LogP contribution >= 0.6 is 27.5 Å². The molecule has 2 aromatic carbocycles. The Kier molecular flexibility index (Phi) is 4.98. The number of benzene rings is 2. The van der Waals surface area contributed by atoms with Crippen molar-refractivity contribution in [3.63, 3.8) is 0 Å². The van der Waals surface area contributed by atoms with Crippen molar-refractivity contribution in [3.8, 4) is 0 Å². The second-order valence-corrected chi connectivity index (χ2v) is 5.66. The van der Waals surface area contributed by atoms with Crippen LogP contribution in [0.4, 0.5) is 11.4 Å². The Morgan fingerprint density at radius 3 is 2.33 bits per heavy atom. The first-order valence-corrected chi connectivity index (χ1v) is 7.27. The lowest BCUT2D eigenvalue weighted by Crippen LogP contribution is -2.13. The number of carbonyl (C=O) groups is 2. The standard InChI is InChI=1S/C15H12BrClN2O2/c1-9(20)18-12-6-7-13(17)14(8-12)19-15(21)10-2-4-11(16)5-3-10/h2-8H,1H3,(H,18,20)(H,19,21). The molecule has 2 N–H and O–H groups in total. The monoisotopic (exact) mass is 366 g/mol. The first-order chi connectivity index (χ1) is 9.95. The van der Waals surface area contributed by atoms with Crippen molar-refractivity contribution in [1.29, 1.82) is 0 Å². The topological polar surface area (TPSA) is 58.2 Å². The maximum absolute atomic E-state index is 12.1. The van der Waals surface area contributed by atoms with Gasteiger partial charge in [0.25, 0.3) is 5.91 Å². The highest BCUT2D eigenvalue weighted by Gasteiger charge is 2.09. The first-order valence-electron chi connectivity index (χ1n) is 6.10. The molecule has 6 heteroatoms. The molecule has 0 atom stereocenters. The van der Waals surface area contributed by atoms with Gasteiger partial charge in [0.1, 0.15) is 0 Å². The SMILES string of the molecule is CC(=O)Nc1ccc(Cl)c(NC(=O)c2ccc(Br)cc2)c1. The van der Waals surface area contributed by atoms with Crippen LogP contribution in [-0.4, -0.2) is 11.8 Å². The van der Waals surface area contributed by atoms with E-state index in [9.17, 15) is 9.59 Å². The highest BCUT2D eigenvalue weighted by molar-refractivity contribution is 9.10. The van der Waals surface area contributed by atoms with Crippen LogP contribution in [-0.2, 0) is 4.79 Å².